The van der Waals surface area contributed by atoms with E-state index in [1.54, 1.807) is 6.92 Å². The average Bonchev–Trinajstić information content (AvgIpc) is 1.53. The molecule has 3 fully saturated rings. The van der Waals surface area contributed by atoms with Crippen molar-refractivity contribution in [3.8, 4) is 0 Å². The molecule has 634 valence electrons. The molecule has 8 bridgehead atoms. The molecule has 2 unspecified atom stereocenters. The number of rotatable bonds is 39. The number of hydrogen-bond acceptors (Lipinski definition) is 20. The number of phosphoric ester groups is 1. The van der Waals surface area contributed by atoms with Crippen molar-refractivity contribution in [1.82, 2.24) is 14.9 Å². The van der Waals surface area contributed by atoms with Crippen LogP contribution in [-0.4, -0.2) is 140 Å². The maximum absolute atomic E-state index is 14.4. The van der Waals surface area contributed by atoms with E-state index in [9.17, 15) is 53.2 Å². The van der Waals surface area contributed by atoms with Crippen LogP contribution in [0.1, 0.15) is 260 Å². The number of aliphatic hydroxyl groups is 2. The fourth-order valence-electron chi connectivity index (χ4n) is 19.0. The SMILES string of the molecule is C/C1=C2N=C(/C=C3N=C(/C(C)=C4\[N-][C@@](C)([C@@H]5N=C1[C@](C)(CCC(=O)NCC(C)OP(=O)([O-])O[C@H]1[C@@H](O)[C@@H](n6cnc7cc(C)c(C)cc76)O[C@@H]1CO)[C@H]5CC(N)=O)[C@@](C)(CC(N)=O)[C@@H]4CCC(N)=O)[C@@](C)(CC(N)=O)[C@@H]\3CCC(N)=O)C(C)(C)[C@@H]/2CCC(N)=O.CCCCCCCC[C@H]1OCCC[C@@H]1CCCCCCC.[C-]#N.[Co+3]. The zero-order valence-electron chi connectivity index (χ0n) is 69.3. The fraction of sp³-hybridized carbons (Fsp3) is 0.711. The van der Waals surface area contributed by atoms with E-state index in [-0.39, 0.29) is 94.0 Å². The number of aryl methyl sites for hydroxylation is 2. The first-order valence-electron chi connectivity index (χ1n) is 40.7. The number of nitrogens with one attached hydrogen (secondary N) is 1. The van der Waals surface area contributed by atoms with E-state index < -0.39 is 143 Å². The first kappa shape index (κ1) is 95.8. The van der Waals surface area contributed by atoms with Crippen molar-refractivity contribution in [2.75, 3.05) is 19.8 Å². The Morgan fingerprint density at radius 1 is 0.737 bits per heavy atom. The van der Waals surface area contributed by atoms with E-state index in [1.165, 1.54) is 114 Å². The van der Waals surface area contributed by atoms with Crippen molar-refractivity contribution in [1.29, 1.82) is 5.26 Å². The van der Waals surface area contributed by atoms with E-state index in [4.69, 9.17) is 85.1 Å². The van der Waals surface area contributed by atoms with E-state index in [2.05, 4.69) is 24.1 Å². The van der Waals surface area contributed by atoms with Gasteiger partial charge in [-0.2, -0.15) is 5.70 Å². The molecule has 0 aliphatic carbocycles. The summed E-state index contributed by atoms with van der Waals surface area (Å²) < 4.78 is 38.0. The van der Waals surface area contributed by atoms with Crippen molar-refractivity contribution in [3.63, 3.8) is 0 Å². The molecule has 15 N–H and O–H groups in total. The molecule has 7 amide bonds. The predicted octanol–water partition coefficient (Wildman–Crippen LogP) is 10.3. The van der Waals surface area contributed by atoms with Gasteiger partial charge in [0.25, 0.3) is 7.82 Å². The topological polar surface area (TPSA) is 498 Å². The summed E-state index contributed by atoms with van der Waals surface area (Å²) in [4.78, 5) is 128. The van der Waals surface area contributed by atoms with Gasteiger partial charge in [0, 0.05) is 121 Å². The molecule has 29 nitrogen and oxygen atoms in total. The first-order chi connectivity index (χ1) is 53.2. The Morgan fingerprint density at radius 3 is 1.90 bits per heavy atom. The largest absolute Gasteiger partial charge is 3.00 e. The Balaban J connectivity index is 0.000000727. The molecule has 1 aromatic carbocycles. The molecule has 0 saturated carbocycles. The summed E-state index contributed by atoms with van der Waals surface area (Å²) >= 11 is 0. The second kappa shape index (κ2) is 41.4. The fourth-order valence-corrected chi connectivity index (χ4v) is 20.1. The quantitative estimate of drug-likeness (QED) is 0.0171. The van der Waals surface area contributed by atoms with Crippen LogP contribution in [0, 0.1) is 76.9 Å². The van der Waals surface area contributed by atoms with Crippen LogP contribution in [0.3, 0.4) is 0 Å². The van der Waals surface area contributed by atoms with Gasteiger partial charge in [0.05, 0.1) is 36.2 Å². The van der Waals surface area contributed by atoms with Crippen LogP contribution in [0.2, 0.25) is 0 Å². The van der Waals surface area contributed by atoms with Gasteiger partial charge in [0.15, 0.2) is 6.23 Å². The van der Waals surface area contributed by atoms with Gasteiger partial charge in [-0.05, 0) is 150 Å². The minimum absolute atomic E-state index is 0. The van der Waals surface area contributed by atoms with Crippen LogP contribution in [0.25, 0.3) is 16.4 Å². The number of aliphatic hydroxyl groups excluding tert-OH is 2. The molecule has 7 aliphatic heterocycles. The minimum Gasteiger partial charge on any atom is -0.756 e. The third kappa shape index (κ3) is 22.2. The maximum Gasteiger partial charge on any atom is 3.00 e. The Kier molecular flexibility index (Phi) is 34.8. The summed E-state index contributed by atoms with van der Waals surface area (Å²) in [6.07, 6.45) is 16.8. The molecule has 17 atom stereocenters. The van der Waals surface area contributed by atoms with Crippen molar-refractivity contribution < 1.29 is 88.5 Å². The number of aliphatic imine (C=N–C) groups is 3. The third-order valence-corrected chi connectivity index (χ3v) is 26.7. The van der Waals surface area contributed by atoms with Crippen LogP contribution in [0.4, 0.5) is 0 Å². The van der Waals surface area contributed by atoms with E-state index in [1.807, 2.05) is 80.5 Å². The van der Waals surface area contributed by atoms with Gasteiger partial charge in [-0.15, -0.1) is 0 Å². The molecule has 1 aromatic heterocycles. The Morgan fingerprint density at radius 2 is 1.32 bits per heavy atom. The van der Waals surface area contributed by atoms with Gasteiger partial charge in [-0.25, -0.2) is 4.98 Å². The molecule has 114 heavy (non-hydrogen) atoms. The molecule has 8 heterocycles. The maximum atomic E-state index is 14.4. The number of aromatic nitrogens is 2. The smallest absolute Gasteiger partial charge is 0.756 e. The van der Waals surface area contributed by atoms with E-state index >= 15 is 0 Å². The molecule has 2 aromatic rings. The van der Waals surface area contributed by atoms with Crippen LogP contribution >= 0.6 is 7.82 Å². The molecule has 0 spiro atoms. The summed E-state index contributed by atoms with van der Waals surface area (Å²) in [6.45, 7) is 29.3. The number of nitrogens with two attached hydrogens (primary N) is 6. The van der Waals surface area contributed by atoms with Gasteiger partial charge in [-0.3, -0.25) is 53.1 Å². The van der Waals surface area contributed by atoms with E-state index in [0.29, 0.717) is 62.5 Å². The molecule has 31 heteroatoms. The molecule has 0 radical (unpaired) electrons. The standard InChI is InChI=1S/C62H90N13O14P.C20H40O.CN.Co/c1-29-20-39-40(21-30(29)2)75(28-70-39)57-52(84)53(41(27-76)87-57)89-90(85,86)88-31(3)26-69-49(83)18-19-59(8)37(22-46(66)80)56-62(11)61(10,25-48(68)82)36(14-17-45(65)79)51(74-62)33(5)55-60(9,24-47(67)81)34(12-15-43(63)77)38(71-55)23-42-58(6,7)35(13-16-44(64)78)50(72-42)32(4)54(59)73-56;1-3-5-7-9-11-13-17-20-19(16-14-18-21-20)15-12-10-8-6-4-2;1-2;/h20-21,23,28,31,34-37,41,52-53,56-57,76,84H,12-19,22,24-27H2,1-11H3,(H15,63,64,65,66,67,68,69,71,72,73,74,77,78,79,80,81,82,83,85,86);19-20H,3-18H2,1-2H3;;/q;;-1;+3/p-2/t31?,34-,35-,36-,37+,41-,52-,53-,56-,57+,59-,60+,61+,62+;19-,20+;;/m10../s1. The Labute approximate surface area is 683 Å². The molecule has 7 aliphatic rings. The minimum atomic E-state index is -5.32. The van der Waals surface area contributed by atoms with Crippen LogP contribution in [-0.2, 0) is 73.4 Å². The van der Waals surface area contributed by atoms with Crippen molar-refractivity contribution in [2.45, 2.75) is 305 Å². The van der Waals surface area contributed by atoms with Crippen LogP contribution in [0.15, 0.2) is 67.8 Å². The number of fused-ring (bicyclic) bond motifs is 7. The molecular weight excluding hydrogens is 1520 g/mol. The number of allylic oxidation sites excluding steroid dienone is 6. The normalized spacial score (nSPS) is 31.2. The third-order valence-electron chi connectivity index (χ3n) is 25.6. The number of benzene rings is 1. The molecule has 9 rings (SSSR count). The van der Waals surface area contributed by atoms with Gasteiger partial charge in [-0.1, -0.05) is 132 Å². The second-order valence-corrected chi connectivity index (χ2v) is 35.4. The number of amides is 7. The monoisotopic (exact) mass is 1650 g/mol. The number of ether oxygens (including phenoxy) is 2. The van der Waals surface area contributed by atoms with Gasteiger partial charge >= 0.3 is 16.8 Å². The number of primary amides is 6. The Hall–Kier alpha value is -7.04. The first-order valence-corrected chi connectivity index (χ1v) is 42.2. The van der Waals surface area contributed by atoms with Crippen molar-refractivity contribution in [3.05, 3.63) is 75.8 Å². The number of carbonyl (C=O) groups is 7. The number of unbranched alkanes of at least 4 members (excludes halogenated alkanes) is 9. The number of phosphoric acid groups is 1. The predicted molar refractivity (Wildman–Crippen MR) is 430 cm³/mol. The summed E-state index contributed by atoms with van der Waals surface area (Å²) in [7, 11) is -5.32. The van der Waals surface area contributed by atoms with E-state index in [0.717, 1.165) is 23.7 Å². The summed E-state index contributed by atoms with van der Waals surface area (Å²) in [5.41, 5.74) is 36.7. The average molecular weight is 1650 g/mol. The van der Waals surface area contributed by atoms with Gasteiger partial charge in [0.1, 0.15) is 18.3 Å². The van der Waals surface area contributed by atoms with Crippen molar-refractivity contribution in [2.24, 2.45) is 101 Å². The summed E-state index contributed by atoms with van der Waals surface area (Å²) in [5.74, 6) is -6.53. The van der Waals surface area contributed by atoms with Crippen LogP contribution in [0.5, 0.6) is 0 Å². The van der Waals surface area contributed by atoms with Gasteiger partial charge < -0.3 is 95.1 Å². The Bertz CT molecular complexity index is 4040. The summed E-state index contributed by atoms with van der Waals surface area (Å²) in [6, 6.07) is 2.65. The molecule has 3 saturated heterocycles. The zero-order chi connectivity index (χ0) is 83.9. The van der Waals surface area contributed by atoms with Crippen LogP contribution < -0.4 is 44.6 Å². The number of nitrogens with zero attached hydrogens (tertiary/aromatic N) is 7. The van der Waals surface area contributed by atoms with Gasteiger partial charge in [0.2, 0.25) is 41.4 Å². The zero-order valence-corrected chi connectivity index (χ0v) is 71.3. The molecular formula is C83H128CoN14O15P. The number of imidazole rings is 1. The second-order valence-electron chi connectivity index (χ2n) is 34.1. The number of hydrogen-bond donors (Lipinski definition) is 9. The van der Waals surface area contributed by atoms with Crippen molar-refractivity contribution >= 4 is 77.3 Å². The number of carbonyl (C=O) groups excluding carboxylic acids is 7. The summed E-state index contributed by atoms with van der Waals surface area (Å²) in [5, 5.41) is 36.4.